The maximum Gasteiger partial charge on any atom is 0.337 e. The molecule has 0 heterocycles. The Kier molecular flexibility index (Phi) is 5.10. The van der Waals surface area contributed by atoms with Crippen LogP contribution in [-0.2, 0) is 4.74 Å². The number of hydrogen-bond acceptors (Lipinski definition) is 3. The van der Waals surface area contributed by atoms with Crippen LogP contribution in [0.3, 0.4) is 0 Å². The second kappa shape index (κ2) is 6.83. The highest BCUT2D eigenvalue weighted by Crippen LogP contribution is 2.31. The van der Waals surface area contributed by atoms with Gasteiger partial charge in [0.05, 0.1) is 28.8 Å². The molecule has 5 heteroatoms. The molecule has 0 aliphatic rings. The lowest BCUT2D eigenvalue weighted by Gasteiger charge is -2.18. The average molecular weight is 324 g/mol. The first-order valence-electron chi connectivity index (χ1n) is 6.41. The number of benzene rings is 2. The van der Waals surface area contributed by atoms with Crippen molar-refractivity contribution in [2.45, 2.75) is 13.0 Å². The van der Waals surface area contributed by atoms with E-state index in [1.54, 1.807) is 24.3 Å². The van der Waals surface area contributed by atoms with E-state index in [0.717, 1.165) is 11.3 Å². The van der Waals surface area contributed by atoms with Gasteiger partial charge in [-0.2, -0.15) is 0 Å². The van der Waals surface area contributed by atoms with Gasteiger partial charge in [-0.05, 0) is 36.8 Å². The summed E-state index contributed by atoms with van der Waals surface area (Å²) in [5.74, 6) is -0.368. The summed E-state index contributed by atoms with van der Waals surface area (Å²) in [7, 11) is 1.36. The fraction of sp³-hybridized carbons (Fsp3) is 0.188. The first-order chi connectivity index (χ1) is 10.0. The van der Waals surface area contributed by atoms with Crippen LogP contribution in [0.15, 0.2) is 42.5 Å². The van der Waals surface area contributed by atoms with E-state index < -0.39 is 0 Å². The van der Waals surface area contributed by atoms with Crippen molar-refractivity contribution in [1.82, 2.24) is 0 Å². The molecule has 3 nitrogen and oxygen atoms in total. The smallest absolute Gasteiger partial charge is 0.337 e. The summed E-state index contributed by atoms with van der Waals surface area (Å²) in [5.41, 5.74) is 2.20. The van der Waals surface area contributed by atoms with E-state index in [9.17, 15) is 4.79 Å². The van der Waals surface area contributed by atoms with Crippen LogP contribution in [0.4, 0.5) is 5.69 Å². The minimum atomic E-state index is -0.368. The van der Waals surface area contributed by atoms with Crippen LogP contribution in [0.25, 0.3) is 0 Å². The van der Waals surface area contributed by atoms with Crippen LogP contribution in [-0.4, -0.2) is 13.1 Å². The van der Waals surface area contributed by atoms with Gasteiger partial charge in [0.15, 0.2) is 0 Å². The van der Waals surface area contributed by atoms with E-state index in [1.165, 1.54) is 7.11 Å². The Labute approximate surface area is 133 Å². The quantitative estimate of drug-likeness (QED) is 0.809. The Bertz CT molecular complexity index is 658. The van der Waals surface area contributed by atoms with Crippen LogP contribution in [0.2, 0.25) is 10.0 Å². The monoisotopic (exact) mass is 323 g/mol. The van der Waals surface area contributed by atoms with Crippen molar-refractivity contribution < 1.29 is 9.53 Å². The molecule has 2 aromatic rings. The molecule has 0 saturated carbocycles. The third-order valence-corrected chi connectivity index (χ3v) is 3.95. The van der Waals surface area contributed by atoms with E-state index in [2.05, 4.69) is 5.32 Å². The molecule has 110 valence electrons. The van der Waals surface area contributed by atoms with E-state index >= 15 is 0 Å². The van der Waals surface area contributed by atoms with Crippen LogP contribution in [0.1, 0.15) is 28.9 Å². The molecule has 2 aromatic carbocycles. The number of ether oxygens (including phenoxy) is 1. The molecule has 0 spiro atoms. The standard InChI is InChI=1S/C16H15Cl2NO2/c1-10(13-7-4-8-14(17)15(13)18)19-12-6-3-5-11(9-12)16(20)21-2/h3-10,19H,1-2H3. The largest absolute Gasteiger partial charge is 0.465 e. The normalized spacial score (nSPS) is 11.8. The molecule has 21 heavy (non-hydrogen) atoms. The number of rotatable bonds is 4. The number of halogens is 2. The van der Waals surface area contributed by atoms with Crippen molar-refractivity contribution in [3.63, 3.8) is 0 Å². The summed E-state index contributed by atoms with van der Waals surface area (Å²) in [6.07, 6.45) is 0. The molecule has 0 aliphatic carbocycles. The molecule has 0 aromatic heterocycles. The molecule has 1 atom stereocenters. The summed E-state index contributed by atoms with van der Waals surface area (Å²) >= 11 is 12.2. The zero-order chi connectivity index (χ0) is 15.4. The molecular weight excluding hydrogens is 309 g/mol. The highest BCUT2D eigenvalue weighted by atomic mass is 35.5. The maximum absolute atomic E-state index is 11.5. The zero-order valence-corrected chi connectivity index (χ0v) is 13.2. The molecule has 1 N–H and O–H groups in total. The fourth-order valence-electron chi connectivity index (χ4n) is 2.04. The molecule has 0 amide bonds. The molecule has 2 rings (SSSR count). The SMILES string of the molecule is COC(=O)c1cccc(NC(C)c2cccc(Cl)c2Cl)c1. The highest BCUT2D eigenvalue weighted by molar-refractivity contribution is 6.42. The molecular formula is C16H15Cl2NO2. The minimum absolute atomic E-state index is 0.0518. The zero-order valence-electron chi connectivity index (χ0n) is 11.7. The van der Waals surface area contributed by atoms with Crippen molar-refractivity contribution >= 4 is 34.9 Å². The number of methoxy groups -OCH3 is 1. The van der Waals surface area contributed by atoms with Gasteiger partial charge in [-0.15, -0.1) is 0 Å². The Morgan fingerprint density at radius 1 is 1.19 bits per heavy atom. The molecule has 1 unspecified atom stereocenters. The second-order valence-electron chi connectivity index (χ2n) is 4.58. The van der Waals surface area contributed by atoms with E-state index in [-0.39, 0.29) is 12.0 Å². The Hall–Kier alpha value is -1.71. The molecule has 0 bridgehead atoms. The van der Waals surface area contributed by atoms with Gasteiger partial charge in [0, 0.05) is 5.69 Å². The van der Waals surface area contributed by atoms with Crippen LogP contribution >= 0.6 is 23.2 Å². The molecule has 0 radical (unpaired) electrons. The number of esters is 1. The van der Waals surface area contributed by atoms with E-state index in [1.807, 2.05) is 25.1 Å². The lowest BCUT2D eigenvalue weighted by molar-refractivity contribution is 0.0601. The number of hydrogen-bond donors (Lipinski definition) is 1. The summed E-state index contributed by atoms with van der Waals surface area (Å²) in [5, 5.41) is 4.35. The maximum atomic E-state index is 11.5. The van der Waals surface area contributed by atoms with Gasteiger partial charge < -0.3 is 10.1 Å². The second-order valence-corrected chi connectivity index (χ2v) is 5.37. The van der Waals surface area contributed by atoms with Crippen molar-refractivity contribution in [2.75, 3.05) is 12.4 Å². The van der Waals surface area contributed by atoms with Gasteiger partial charge in [-0.1, -0.05) is 41.4 Å². The van der Waals surface area contributed by atoms with Gasteiger partial charge in [0.2, 0.25) is 0 Å². The highest BCUT2D eigenvalue weighted by Gasteiger charge is 2.12. The topological polar surface area (TPSA) is 38.3 Å². The predicted molar refractivity (Wildman–Crippen MR) is 86.3 cm³/mol. The van der Waals surface area contributed by atoms with Gasteiger partial charge in [0.25, 0.3) is 0 Å². The van der Waals surface area contributed by atoms with Crippen molar-refractivity contribution in [1.29, 1.82) is 0 Å². The fourth-order valence-corrected chi connectivity index (χ4v) is 2.51. The molecule has 0 aliphatic heterocycles. The first-order valence-corrected chi connectivity index (χ1v) is 7.17. The third-order valence-electron chi connectivity index (χ3n) is 3.11. The number of nitrogens with one attached hydrogen (secondary N) is 1. The van der Waals surface area contributed by atoms with Crippen LogP contribution in [0.5, 0.6) is 0 Å². The Morgan fingerprint density at radius 2 is 1.90 bits per heavy atom. The summed E-state index contributed by atoms with van der Waals surface area (Å²) in [4.78, 5) is 11.5. The predicted octanol–water partition coefficient (Wildman–Crippen LogP) is 4.95. The first kappa shape index (κ1) is 15.7. The van der Waals surface area contributed by atoms with Gasteiger partial charge in [-0.3, -0.25) is 0 Å². The van der Waals surface area contributed by atoms with E-state index in [4.69, 9.17) is 27.9 Å². The van der Waals surface area contributed by atoms with Gasteiger partial charge in [-0.25, -0.2) is 4.79 Å². The molecule has 0 saturated heterocycles. The van der Waals surface area contributed by atoms with Crippen molar-refractivity contribution in [3.8, 4) is 0 Å². The Morgan fingerprint density at radius 3 is 2.62 bits per heavy atom. The van der Waals surface area contributed by atoms with Crippen molar-refractivity contribution in [2.24, 2.45) is 0 Å². The van der Waals surface area contributed by atoms with Crippen LogP contribution < -0.4 is 5.32 Å². The van der Waals surface area contributed by atoms with Crippen LogP contribution in [0, 0.1) is 0 Å². The average Bonchev–Trinajstić information content (AvgIpc) is 2.49. The minimum Gasteiger partial charge on any atom is -0.465 e. The number of carbonyl (C=O) groups is 1. The third kappa shape index (κ3) is 3.69. The van der Waals surface area contributed by atoms with Crippen molar-refractivity contribution in [3.05, 3.63) is 63.6 Å². The molecule has 0 fully saturated rings. The van der Waals surface area contributed by atoms with Gasteiger partial charge >= 0.3 is 5.97 Å². The summed E-state index contributed by atoms with van der Waals surface area (Å²) in [6, 6.07) is 12.6. The lowest BCUT2D eigenvalue weighted by Crippen LogP contribution is -2.08. The summed E-state index contributed by atoms with van der Waals surface area (Å²) < 4.78 is 4.71. The van der Waals surface area contributed by atoms with E-state index in [0.29, 0.717) is 15.6 Å². The summed E-state index contributed by atoms with van der Waals surface area (Å²) in [6.45, 7) is 1.97. The Balaban J connectivity index is 2.21. The number of anilines is 1. The lowest BCUT2D eigenvalue weighted by atomic mass is 10.1. The number of carbonyl (C=O) groups excluding carboxylic acids is 1. The van der Waals surface area contributed by atoms with Gasteiger partial charge in [0.1, 0.15) is 0 Å².